The summed E-state index contributed by atoms with van der Waals surface area (Å²) < 4.78 is 11.1. The van der Waals surface area contributed by atoms with Crippen molar-refractivity contribution in [2.75, 3.05) is 13.2 Å². The van der Waals surface area contributed by atoms with Gasteiger partial charge in [-0.25, -0.2) is 0 Å². The highest BCUT2D eigenvalue weighted by atomic mass is 16.5. The summed E-state index contributed by atoms with van der Waals surface area (Å²) in [6, 6.07) is 5.72. The summed E-state index contributed by atoms with van der Waals surface area (Å²) >= 11 is 0. The number of hydrogen-bond donors (Lipinski definition) is 1. The van der Waals surface area contributed by atoms with Gasteiger partial charge in [0.15, 0.2) is 0 Å². The predicted octanol–water partition coefficient (Wildman–Crippen LogP) is 3.21. The second kappa shape index (κ2) is 7.71. The highest BCUT2D eigenvalue weighted by molar-refractivity contribution is 5.98. The van der Waals surface area contributed by atoms with Crippen molar-refractivity contribution >= 4 is 5.71 Å². The molecular weight excluding hydrogens is 230 g/mol. The predicted molar refractivity (Wildman–Crippen MR) is 71.6 cm³/mol. The monoisotopic (exact) mass is 251 g/mol. The van der Waals surface area contributed by atoms with Gasteiger partial charge in [-0.15, -0.1) is 0 Å². The van der Waals surface area contributed by atoms with Crippen LogP contribution in [0.1, 0.15) is 38.3 Å². The summed E-state index contributed by atoms with van der Waals surface area (Å²) in [5.74, 6) is 0.833. The van der Waals surface area contributed by atoms with E-state index in [-0.39, 0.29) is 0 Å². The fraction of sp³-hybridized carbons (Fsp3) is 0.500. The highest BCUT2D eigenvalue weighted by Crippen LogP contribution is 2.22. The van der Waals surface area contributed by atoms with Gasteiger partial charge in [0.05, 0.1) is 18.9 Å². The zero-order chi connectivity index (χ0) is 13.4. The van der Waals surface area contributed by atoms with E-state index in [1.807, 2.05) is 25.1 Å². The fourth-order valence-electron chi connectivity index (χ4n) is 1.54. The van der Waals surface area contributed by atoms with Crippen LogP contribution < -0.4 is 4.74 Å². The maximum absolute atomic E-state index is 8.79. The molecule has 0 radical (unpaired) electrons. The normalized spacial score (nSPS) is 11.6. The maximum atomic E-state index is 8.79. The molecule has 1 N–H and O–H groups in total. The molecule has 0 spiro atoms. The molecule has 0 heterocycles. The Morgan fingerprint density at radius 2 is 2.11 bits per heavy atom. The van der Waals surface area contributed by atoms with Crippen LogP contribution in [-0.4, -0.2) is 24.1 Å². The third-order valence-electron chi connectivity index (χ3n) is 2.55. The summed E-state index contributed by atoms with van der Waals surface area (Å²) in [5, 5.41) is 12.0. The van der Waals surface area contributed by atoms with Crippen molar-refractivity contribution in [1.29, 1.82) is 0 Å². The van der Waals surface area contributed by atoms with Crippen molar-refractivity contribution in [3.05, 3.63) is 29.3 Å². The van der Waals surface area contributed by atoms with Gasteiger partial charge in [-0.05, 0) is 44.0 Å². The molecule has 0 saturated carbocycles. The van der Waals surface area contributed by atoms with E-state index in [1.54, 1.807) is 6.92 Å². The van der Waals surface area contributed by atoms with E-state index in [0.717, 1.165) is 23.3 Å². The molecule has 0 aliphatic carbocycles. The number of oxime groups is 1. The topological polar surface area (TPSA) is 51.0 Å². The Morgan fingerprint density at radius 1 is 1.33 bits per heavy atom. The third-order valence-corrected chi connectivity index (χ3v) is 2.55. The number of rotatable bonds is 7. The van der Waals surface area contributed by atoms with Crippen molar-refractivity contribution in [3.8, 4) is 5.75 Å². The van der Waals surface area contributed by atoms with Gasteiger partial charge >= 0.3 is 0 Å². The minimum atomic E-state index is 0.502. The molecule has 1 aromatic rings. The van der Waals surface area contributed by atoms with Crippen LogP contribution in [0.25, 0.3) is 0 Å². The van der Waals surface area contributed by atoms with Crippen LogP contribution in [0.4, 0.5) is 0 Å². The maximum Gasteiger partial charge on any atom is 0.124 e. The van der Waals surface area contributed by atoms with Gasteiger partial charge in [-0.2, -0.15) is 0 Å². The van der Waals surface area contributed by atoms with E-state index in [4.69, 9.17) is 14.7 Å². The minimum absolute atomic E-state index is 0.502. The summed E-state index contributed by atoms with van der Waals surface area (Å²) in [6.45, 7) is 7.63. The number of hydrogen-bond acceptors (Lipinski definition) is 4. The lowest BCUT2D eigenvalue weighted by Gasteiger charge is -2.12. The molecule has 0 fully saturated rings. The molecule has 1 aromatic carbocycles. The zero-order valence-corrected chi connectivity index (χ0v) is 11.3. The van der Waals surface area contributed by atoms with Crippen molar-refractivity contribution in [2.24, 2.45) is 5.16 Å². The second-order valence-electron chi connectivity index (χ2n) is 3.99. The standard InChI is InChI=1S/C14H21NO3/c1-4-8-18-14-7-6-12(11(3)15-16)9-13(14)10-17-5-2/h6-7,9,16H,4-5,8,10H2,1-3H3/b15-11-. The van der Waals surface area contributed by atoms with Gasteiger partial charge in [-0.1, -0.05) is 12.1 Å². The van der Waals surface area contributed by atoms with Gasteiger partial charge in [0.2, 0.25) is 0 Å². The first kappa shape index (κ1) is 14.5. The molecule has 1 rings (SSSR count). The molecule has 0 amide bonds. The Hall–Kier alpha value is -1.55. The molecule has 0 aliphatic heterocycles. The molecule has 100 valence electrons. The highest BCUT2D eigenvalue weighted by Gasteiger charge is 2.07. The average Bonchev–Trinajstić information content (AvgIpc) is 2.42. The van der Waals surface area contributed by atoms with Crippen LogP contribution in [0, 0.1) is 0 Å². The van der Waals surface area contributed by atoms with Crippen LogP contribution >= 0.6 is 0 Å². The van der Waals surface area contributed by atoms with Gasteiger partial charge in [0, 0.05) is 12.2 Å². The van der Waals surface area contributed by atoms with Crippen molar-refractivity contribution < 1.29 is 14.7 Å². The number of benzene rings is 1. The van der Waals surface area contributed by atoms with Crippen LogP contribution in [0.5, 0.6) is 5.75 Å². The van der Waals surface area contributed by atoms with E-state index in [9.17, 15) is 0 Å². The summed E-state index contributed by atoms with van der Waals surface area (Å²) in [5.41, 5.74) is 2.43. The van der Waals surface area contributed by atoms with Gasteiger partial charge in [-0.3, -0.25) is 0 Å². The Morgan fingerprint density at radius 3 is 2.72 bits per heavy atom. The molecule has 0 bridgehead atoms. The van der Waals surface area contributed by atoms with Gasteiger partial charge in [0.1, 0.15) is 5.75 Å². The van der Waals surface area contributed by atoms with Crippen LogP contribution in [0.15, 0.2) is 23.4 Å². The van der Waals surface area contributed by atoms with E-state index in [2.05, 4.69) is 12.1 Å². The lowest BCUT2D eigenvalue weighted by atomic mass is 10.1. The molecular formula is C14H21NO3. The molecule has 0 aliphatic rings. The molecule has 18 heavy (non-hydrogen) atoms. The zero-order valence-electron chi connectivity index (χ0n) is 11.3. The lowest BCUT2D eigenvalue weighted by molar-refractivity contribution is 0.131. The fourth-order valence-corrected chi connectivity index (χ4v) is 1.54. The van der Waals surface area contributed by atoms with Crippen LogP contribution in [-0.2, 0) is 11.3 Å². The van der Waals surface area contributed by atoms with Gasteiger partial charge < -0.3 is 14.7 Å². The quantitative estimate of drug-likeness (QED) is 0.460. The summed E-state index contributed by atoms with van der Waals surface area (Å²) in [6.07, 6.45) is 0.965. The van der Waals surface area contributed by atoms with Crippen molar-refractivity contribution in [2.45, 2.75) is 33.8 Å². The first-order valence-electron chi connectivity index (χ1n) is 6.25. The Kier molecular flexibility index (Phi) is 6.22. The minimum Gasteiger partial charge on any atom is -0.493 e. The van der Waals surface area contributed by atoms with Crippen LogP contribution in [0.2, 0.25) is 0 Å². The average molecular weight is 251 g/mol. The smallest absolute Gasteiger partial charge is 0.124 e. The third kappa shape index (κ3) is 4.04. The summed E-state index contributed by atoms with van der Waals surface area (Å²) in [4.78, 5) is 0. The van der Waals surface area contributed by atoms with Crippen LogP contribution in [0.3, 0.4) is 0 Å². The molecule has 0 atom stereocenters. The largest absolute Gasteiger partial charge is 0.493 e. The Balaban J connectivity index is 2.95. The molecule has 0 unspecified atom stereocenters. The molecule has 0 aromatic heterocycles. The summed E-state index contributed by atoms with van der Waals surface area (Å²) in [7, 11) is 0. The van der Waals surface area contributed by atoms with Crippen molar-refractivity contribution in [3.63, 3.8) is 0 Å². The molecule has 4 heteroatoms. The van der Waals surface area contributed by atoms with Gasteiger partial charge in [0.25, 0.3) is 0 Å². The Labute approximate surface area is 108 Å². The van der Waals surface area contributed by atoms with E-state index in [1.165, 1.54) is 0 Å². The number of nitrogens with zero attached hydrogens (tertiary/aromatic N) is 1. The van der Waals surface area contributed by atoms with E-state index < -0.39 is 0 Å². The first-order chi connectivity index (χ1) is 8.72. The Bertz CT molecular complexity index is 402. The van der Waals surface area contributed by atoms with Crippen molar-refractivity contribution in [1.82, 2.24) is 0 Å². The second-order valence-corrected chi connectivity index (χ2v) is 3.99. The van der Waals surface area contributed by atoms with E-state index in [0.29, 0.717) is 25.5 Å². The van der Waals surface area contributed by atoms with E-state index >= 15 is 0 Å². The lowest BCUT2D eigenvalue weighted by Crippen LogP contribution is -2.03. The molecule has 4 nitrogen and oxygen atoms in total. The first-order valence-corrected chi connectivity index (χ1v) is 6.25. The SMILES string of the molecule is CCCOc1ccc(/C(C)=N\O)cc1COCC. The molecule has 0 saturated heterocycles. The number of ether oxygens (including phenoxy) is 2.